The lowest BCUT2D eigenvalue weighted by Gasteiger charge is -2.43. The third-order valence-electron chi connectivity index (χ3n) is 11.5. The molecule has 8 aromatic carbocycles. The summed E-state index contributed by atoms with van der Waals surface area (Å²) in [6, 6.07) is 67.1. The van der Waals surface area contributed by atoms with Crippen LogP contribution in [0.4, 0.5) is 11.4 Å². The zero-order valence-corrected chi connectivity index (χ0v) is 28.2. The Kier molecular flexibility index (Phi) is 5.58. The Labute approximate surface area is 301 Å². The van der Waals surface area contributed by atoms with Crippen molar-refractivity contribution in [2.24, 2.45) is 0 Å². The molecule has 10 aromatic rings. The van der Waals surface area contributed by atoms with Gasteiger partial charge in [-0.15, -0.1) is 0 Å². The summed E-state index contributed by atoms with van der Waals surface area (Å²) in [6.45, 7) is 0.0281. The quantitative estimate of drug-likeness (QED) is 0.168. The highest BCUT2D eigenvalue weighted by Gasteiger charge is 2.43. The average Bonchev–Trinajstić information content (AvgIpc) is 3.74. The smallest absolute Gasteiger partial charge is 0.329 e. The summed E-state index contributed by atoms with van der Waals surface area (Å²) in [7, 11) is 0. The van der Waals surface area contributed by atoms with Gasteiger partial charge in [0.05, 0.1) is 22.1 Å². The van der Waals surface area contributed by atoms with Crippen LogP contribution in [-0.2, 0) is 0 Å². The van der Waals surface area contributed by atoms with E-state index < -0.39 is 0 Å². The summed E-state index contributed by atoms with van der Waals surface area (Å²) in [6.07, 6.45) is 0. The summed E-state index contributed by atoms with van der Waals surface area (Å²) in [5, 5.41) is 5.16. The van der Waals surface area contributed by atoms with E-state index in [1.54, 1.807) is 0 Å². The van der Waals surface area contributed by atoms with E-state index in [1.165, 1.54) is 93.9 Å². The first-order chi connectivity index (χ1) is 25.9. The van der Waals surface area contributed by atoms with Crippen molar-refractivity contribution in [3.63, 3.8) is 0 Å². The molecule has 0 spiro atoms. The molecule has 2 aliphatic rings. The maximum atomic E-state index is 2.59. The number of aromatic nitrogens is 2. The number of hydrogen-bond donors (Lipinski definition) is 0. The fourth-order valence-corrected chi connectivity index (χ4v) is 9.54. The second kappa shape index (κ2) is 10.4. The van der Waals surface area contributed by atoms with E-state index in [0.717, 1.165) is 5.69 Å². The number of nitrogens with zero attached hydrogens (tertiary/aromatic N) is 3. The van der Waals surface area contributed by atoms with Gasteiger partial charge in [0, 0.05) is 55.4 Å². The number of benzene rings is 8. The summed E-state index contributed by atoms with van der Waals surface area (Å²) in [5.74, 6) is 0. The largest absolute Gasteiger partial charge is 0.376 e. The van der Waals surface area contributed by atoms with Gasteiger partial charge in [0.15, 0.2) is 0 Å². The van der Waals surface area contributed by atoms with Gasteiger partial charge in [-0.1, -0.05) is 121 Å². The predicted molar refractivity (Wildman–Crippen MR) is 220 cm³/mol. The molecule has 0 saturated heterocycles. The molecule has 4 heterocycles. The van der Waals surface area contributed by atoms with Gasteiger partial charge in [-0.2, -0.15) is 0 Å². The third-order valence-corrected chi connectivity index (χ3v) is 11.5. The van der Waals surface area contributed by atoms with Gasteiger partial charge >= 0.3 is 6.85 Å². The second-order valence-corrected chi connectivity index (χ2v) is 14.0. The number of hydrogen-bond acceptors (Lipinski definition) is 1. The lowest BCUT2D eigenvalue weighted by atomic mass is 9.43. The van der Waals surface area contributed by atoms with Crippen LogP contribution >= 0.6 is 0 Å². The molecule has 12 rings (SSSR count). The normalized spacial score (nSPS) is 12.9. The molecule has 0 radical (unpaired) electrons. The average molecular weight is 660 g/mol. The predicted octanol–water partition coefficient (Wildman–Crippen LogP) is 10.8. The molecule has 0 N–H and O–H groups in total. The van der Waals surface area contributed by atoms with E-state index in [-0.39, 0.29) is 6.85 Å². The lowest BCUT2D eigenvalue weighted by molar-refractivity contribution is 1.17. The van der Waals surface area contributed by atoms with Gasteiger partial charge in [0.2, 0.25) is 0 Å². The minimum Gasteiger partial charge on any atom is -0.376 e. The van der Waals surface area contributed by atoms with Crippen LogP contribution in [-0.4, -0.2) is 16.0 Å². The molecular formula is C48H30BN3. The van der Waals surface area contributed by atoms with Crippen molar-refractivity contribution in [2.75, 3.05) is 4.81 Å². The van der Waals surface area contributed by atoms with Crippen LogP contribution in [0.3, 0.4) is 0 Å². The van der Waals surface area contributed by atoms with Crippen molar-refractivity contribution in [3.05, 3.63) is 182 Å². The molecule has 0 amide bonds. The summed E-state index contributed by atoms with van der Waals surface area (Å²) in [4.78, 5) is 2.59. The SMILES string of the molecule is c1ccc(-n2c3ccccc3c3c4c5c6c(ccc5n(-c5ccccc5)c4ccc32)B2c3ccccc3-c3ccccc3N2c2ccccc2-6)cc1. The molecule has 0 fully saturated rings. The molecule has 4 heteroatoms. The van der Waals surface area contributed by atoms with E-state index in [2.05, 4.69) is 196 Å². The maximum absolute atomic E-state index is 2.59. The molecule has 3 nitrogen and oxygen atoms in total. The van der Waals surface area contributed by atoms with Crippen LogP contribution in [0.15, 0.2) is 182 Å². The first kappa shape index (κ1) is 28.0. The van der Waals surface area contributed by atoms with Gasteiger partial charge in [-0.05, 0) is 82.7 Å². The fourth-order valence-electron chi connectivity index (χ4n) is 9.54. The number of fused-ring (bicyclic) bond motifs is 19. The summed E-state index contributed by atoms with van der Waals surface area (Å²) in [5.41, 5.74) is 17.6. The molecule has 2 aliphatic heterocycles. The van der Waals surface area contributed by atoms with Gasteiger partial charge in [-0.25, -0.2) is 0 Å². The van der Waals surface area contributed by atoms with Crippen LogP contribution in [0.25, 0.3) is 77.2 Å². The van der Waals surface area contributed by atoms with E-state index >= 15 is 0 Å². The highest BCUT2D eigenvalue weighted by atomic mass is 15.1. The Balaban J connectivity index is 1.31. The molecule has 0 bridgehead atoms. The lowest BCUT2D eigenvalue weighted by Crippen LogP contribution is -2.59. The molecule has 0 saturated carbocycles. The van der Waals surface area contributed by atoms with E-state index in [4.69, 9.17) is 0 Å². The van der Waals surface area contributed by atoms with Crippen molar-refractivity contribution in [2.45, 2.75) is 0 Å². The standard InChI is InChI=1S/C48H30BN3/c1-3-15-31(16-4-1)50-39-24-12-9-21-35(39)46-42(50)29-30-44-48(46)47-43(51(44)32-17-5-2-6-18-32)28-27-38-45(47)36-22-10-14-26-41(36)52-40-25-13-8-20-34(40)33-19-7-11-23-37(33)49(38)52/h1-30H. The van der Waals surface area contributed by atoms with Crippen LogP contribution in [0, 0.1) is 0 Å². The molecule has 0 aliphatic carbocycles. The van der Waals surface area contributed by atoms with Crippen LogP contribution in [0.5, 0.6) is 0 Å². The first-order valence-electron chi connectivity index (χ1n) is 18.1. The van der Waals surface area contributed by atoms with Crippen LogP contribution in [0.1, 0.15) is 0 Å². The van der Waals surface area contributed by atoms with Crippen molar-refractivity contribution in [3.8, 4) is 33.6 Å². The third kappa shape index (κ3) is 3.56. The zero-order chi connectivity index (χ0) is 33.9. The number of anilines is 2. The Morgan fingerprint density at radius 2 is 0.846 bits per heavy atom. The Morgan fingerprint density at radius 1 is 0.327 bits per heavy atom. The van der Waals surface area contributed by atoms with Gasteiger partial charge in [0.1, 0.15) is 0 Å². The maximum Gasteiger partial charge on any atom is 0.329 e. The highest BCUT2D eigenvalue weighted by molar-refractivity contribution is 6.92. The minimum atomic E-state index is 0.0281. The van der Waals surface area contributed by atoms with Crippen LogP contribution in [0.2, 0.25) is 0 Å². The molecule has 2 aromatic heterocycles. The fraction of sp³-hybridized carbons (Fsp3) is 0. The monoisotopic (exact) mass is 659 g/mol. The number of para-hydroxylation sites is 5. The van der Waals surface area contributed by atoms with Crippen molar-refractivity contribution in [1.82, 2.24) is 9.13 Å². The minimum absolute atomic E-state index is 0.0281. The molecule has 0 atom stereocenters. The first-order valence-corrected chi connectivity index (χ1v) is 18.1. The van der Waals surface area contributed by atoms with Crippen molar-refractivity contribution >= 4 is 72.8 Å². The zero-order valence-electron chi connectivity index (χ0n) is 28.2. The molecule has 240 valence electrons. The summed E-state index contributed by atoms with van der Waals surface area (Å²) >= 11 is 0. The van der Waals surface area contributed by atoms with Gasteiger partial charge in [0.25, 0.3) is 0 Å². The topological polar surface area (TPSA) is 13.1 Å². The van der Waals surface area contributed by atoms with Crippen molar-refractivity contribution < 1.29 is 0 Å². The van der Waals surface area contributed by atoms with Gasteiger partial charge < -0.3 is 13.9 Å². The van der Waals surface area contributed by atoms with E-state index in [9.17, 15) is 0 Å². The van der Waals surface area contributed by atoms with Crippen LogP contribution < -0.4 is 15.7 Å². The Hall–Kier alpha value is -6.78. The molecular weight excluding hydrogens is 629 g/mol. The molecule has 0 unspecified atom stereocenters. The molecule has 52 heavy (non-hydrogen) atoms. The Bertz CT molecular complexity index is 3080. The highest BCUT2D eigenvalue weighted by Crippen LogP contribution is 2.50. The van der Waals surface area contributed by atoms with E-state index in [1.807, 2.05) is 0 Å². The number of rotatable bonds is 2. The summed E-state index contributed by atoms with van der Waals surface area (Å²) < 4.78 is 4.92. The Morgan fingerprint density at radius 3 is 1.60 bits per heavy atom. The second-order valence-electron chi connectivity index (χ2n) is 14.0. The van der Waals surface area contributed by atoms with Gasteiger partial charge in [-0.3, -0.25) is 0 Å². The van der Waals surface area contributed by atoms with Crippen molar-refractivity contribution in [1.29, 1.82) is 0 Å². The van der Waals surface area contributed by atoms with E-state index in [0.29, 0.717) is 0 Å².